The minimum atomic E-state index is 0.179. The maximum atomic E-state index is 12.5. The van der Waals surface area contributed by atoms with E-state index in [0.717, 1.165) is 39.3 Å². The summed E-state index contributed by atoms with van der Waals surface area (Å²) >= 11 is 0. The van der Waals surface area contributed by atoms with Gasteiger partial charge < -0.3 is 15.1 Å². The van der Waals surface area contributed by atoms with Crippen LogP contribution in [0.1, 0.15) is 6.92 Å². The standard InChI is InChI=1S/C16H23N3O/c1-13-11-17-12-15(13)16(20)19-9-7-18(8-10-19)14-5-3-2-4-6-14/h2-6,13,15,17H,7-12H2,1H3. The van der Waals surface area contributed by atoms with Crippen LogP contribution in [0.25, 0.3) is 0 Å². The lowest BCUT2D eigenvalue weighted by molar-refractivity contribution is -0.136. The van der Waals surface area contributed by atoms with Gasteiger partial charge in [0.05, 0.1) is 5.92 Å². The van der Waals surface area contributed by atoms with Crippen molar-refractivity contribution in [1.82, 2.24) is 10.2 Å². The van der Waals surface area contributed by atoms with Crippen LogP contribution in [0.15, 0.2) is 30.3 Å². The largest absolute Gasteiger partial charge is 0.368 e. The van der Waals surface area contributed by atoms with Crippen molar-refractivity contribution in [2.45, 2.75) is 6.92 Å². The van der Waals surface area contributed by atoms with Gasteiger partial charge >= 0.3 is 0 Å². The average molecular weight is 273 g/mol. The lowest BCUT2D eigenvalue weighted by Crippen LogP contribution is -2.51. The zero-order valence-corrected chi connectivity index (χ0v) is 12.1. The fraction of sp³-hybridized carbons (Fsp3) is 0.562. The van der Waals surface area contributed by atoms with E-state index in [0.29, 0.717) is 11.8 Å². The molecule has 4 heteroatoms. The van der Waals surface area contributed by atoms with E-state index < -0.39 is 0 Å². The first kappa shape index (κ1) is 13.4. The average Bonchev–Trinajstić information content (AvgIpc) is 2.94. The zero-order chi connectivity index (χ0) is 13.9. The summed E-state index contributed by atoms with van der Waals surface area (Å²) in [5, 5.41) is 3.32. The fourth-order valence-corrected chi connectivity index (χ4v) is 3.20. The number of hydrogen-bond acceptors (Lipinski definition) is 3. The van der Waals surface area contributed by atoms with Crippen molar-refractivity contribution in [3.63, 3.8) is 0 Å². The van der Waals surface area contributed by atoms with Gasteiger partial charge in [0.2, 0.25) is 5.91 Å². The Bertz CT molecular complexity index is 454. The van der Waals surface area contributed by atoms with E-state index >= 15 is 0 Å². The quantitative estimate of drug-likeness (QED) is 0.879. The summed E-state index contributed by atoms with van der Waals surface area (Å²) in [5.74, 6) is 0.989. The Morgan fingerprint density at radius 3 is 2.40 bits per heavy atom. The SMILES string of the molecule is CC1CNCC1C(=O)N1CCN(c2ccccc2)CC1. The maximum Gasteiger partial charge on any atom is 0.227 e. The normalized spacial score (nSPS) is 26.9. The van der Waals surface area contributed by atoms with Crippen molar-refractivity contribution in [2.24, 2.45) is 11.8 Å². The van der Waals surface area contributed by atoms with Gasteiger partial charge in [-0.2, -0.15) is 0 Å². The molecule has 1 amide bonds. The van der Waals surface area contributed by atoms with Gasteiger partial charge in [0.1, 0.15) is 0 Å². The number of carbonyl (C=O) groups is 1. The van der Waals surface area contributed by atoms with Crippen LogP contribution in [0, 0.1) is 11.8 Å². The number of nitrogens with one attached hydrogen (secondary N) is 1. The van der Waals surface area contributed by atoms with Gasteiger partial charge in [-0.1, -0.05) is 25.1 Å². The van der Waals surface area contributed by atoms with Crippen molar-refractivity contribution in [2.75, 3.05) is 44.2 Å². The summed E-state index contributed by atoms with van der Waals surface area (Å²) in [6.07, 6.45) is 0. The van der Waals surface area contributed by atoms with Gasteiger partial charge in [0.15, 0.2) is 0 Å². The van der Waals surface area contributed by atoms with E-state index in [1.165, 1.54) is 5.69 Å². The highest BCUT2D eigenvalue weighted by Crippen LogP contribution is 2.21. The van der Waals surface area contributed by atoms with E-state index in [9.17, 15) is 4.79 Å². The second kappa shape index (κ2) is 5.83. The molecule has 0 aromatic heterocycles. The van der Waals surface area contributed by atoms with Crippen LogP contribution >= 0.6 is 0 Å². The Labute approximate surface area is 120 Å². The minimum absolute atomic E-state index is 0.179. The lowest BCUT2D eigenvalue weighted by Gasteiger charge is -2.37. The van der Waals surface area contributed by atoms with Gasteiger partial charge in [0, 0.05) is 38.4 Å². The van der Waals surface area contributed by atoms with Gasteiger partial charge in [-0.05, 0) is 24.6 Å². The maximum absolute atomic E-state index is 12.5. The van der Waals surface area contributed by atoms with Gasteiger partial charge in [-0.3, -0.25) is 4.79 Å². The van der Waals surface area contributed by atoms with E-state index in [-0.39, 0.29) is 5.92 Å². The number of hydrogen-bond donors (Lipinski definition) is 1. The molecule has 2 aliphatic rings. The van der Waals surface area contributed by atoms with Gasteiger partial charge in [-0.25, -0.2) is 0 Å². The molecule has 2 fully saturated rings. The molecule has 2 saturated heterocycles. The van der Waals surface area contributed by atoms with Crippen molar-refractivity contribution in [3.8, 4) is 0 Å². The highest BCUT2D eigenvalue weighted by molar-refractivity contribution is 5.80. The summed E-state index contributed by atoms with van der Waals surface area (Å²) in [6, 6.07) is 10.5. The van der Waals surface area contributed by atoms with Crippen LogP contribution in [-0.2, 0) is 4.79 Å². The lowest BCUT2D eigenvalue weighted by atomic mass is 9.96. The van der Waals surface area contributed by atoms with E-state index in [1.807, 2.05) is 11.0 Å². The molecule has 2 aliphatic heterocycles. The van der Waals surface area contributed by atoms with E-state index in [2.05, 4.69) is 41.4 Å². The number of piperazine rings is 1. The van der Waals surface area contributed by atoms with Crippen molar-refractivity contribution < 1.29 is 4.79 Å². The monoisotopic (exact) mass is 273 g/mol. The highest BCUT2D eigenvalue weighted by Gasteiger charge is 2.33. The Morgan fingerprint density at radius 2 is 1.80 bits per heavy atom. The molecule has 0 spiro atoms. The molecule has 2 unspecified atom stereocenters. The van der Waals surface area contributed by atoms with Crippen molar-refractivity contribution in [1.29, 1.82) is 0 Å². The number of para-hydroxylation sites is 1. The number of carbonyl (C=O) groups excluding carboxylic acids is 1. The van der Waals surface area contributed by atoms with Crippen molar-refractivity contribution in [3.05, 3.63) is 30.3 Å². The topological polar surface area (TPSA) is 35.6 Å². The summed E-state index contributed by atoms with van der Waals surface area (Å²) in [6.45, 7) is 7.55. The number of anilines is 1. The zero-order valence-electron chi connectivity index (χ0n) is 12.1. The van der Waals surface area contributed by atoms with Crippen molar-refractivity contribution >= 4 is 11.6 Å². The summed E-state index contributed by atoms with van der Waals surface area (Å²) in [7, 11) is 0. The van der Waals surface area contributed by atoms with Crippen LogP contribution in [0.3, 0.4) is 0 Å². The number of nitrogens with zero attached hydrogens (tertiary/aromatic N) is 2. The molecule has 0 aliphatic carbocycles. The molecule has 108 valence electrons. The van der Waals surface area contributed by atoms with Crippen LogP contribution < -0.4 is 10.2 Å². The highest BCUT2D eigenvalue weighted by atomic mass is 16.2. The molecule has 3 rings (SSSR count). The molecule has 4 nitrogen and oxygen atoms in total. The molecule has 1 N–H and O–H groups in total. The molecular formula is C16H23N3O. The molecular weight excluding hydrogens is 250 g/mol. The Balaban J connectivity index is 1.57. The van der Waals surface area contributed by atoms with Gasteiger partial charge in [0.25, 0.3) is 0 Å². The number of rotatable bonds is 2. The third-order valence-corrected chi connectivity index (χ3v) is 4.55. The first-order valence-electron chi connectivity index (χ1n) is 7.55. The van der Waals surface area contributed by atoms with Gasteiger partial charge in [-0.15, -0.1) is 0 Å². The summed E-state index contributed by atoms with van der Waals surface area (Å²) in [5.41, 5.74) is 1.26. The molecule has 20 heavy (non-hydrogen) atoms. The Hall–Kier alpha value is -1.55. The smallest absolute Gasteiger partial charge is 0.227 e. The predicted octanol–water partition coefficient (Wildman–Crippen LogP) is 1.19. The third kappa shape index (κ3) is 2.66. The second-order valence-corrected chi connectivity index (χ2v) is 5.89. The van der Waals surface area contributed by atoms with E-state index in [1.54, 1.807) is 0 Å². The Kier molecular flexibility index (Phi) is 3.92. The summed E-state index contributed by atoms with van der Waals surface area (Å²) < 4.78 is 0. The Morgan fingerprint density at radius 1 is 1.10 bits per heavy atom. The number of amides is 1. The minimum Gasteiger partial charge on any atom is -0.368 e. The third-order valence-electron chi connectivity index (χ3n) is 4.55. The van der Waals surface area contributed by atoms with Crippen LogP contribution in [-0.4, -0.2) is 50.1 Å². The molecule has 1 aromatic rings. The van der Waals surface area contributed by atoms with Crippen LogP contribution in [0.2, 0.25) is 0 Å². The summed E-state index contributed by atoms with van der Waals surface area (Å²) in [4.78, 5) is 16.9. The number of benzene rings is 1. The molecule has 1 aromatic carbocycles. The van der Waals surface area contributed by atoms with Crippen LogP contribution in [0.5, 0.6) is 0 Å². The molecule has 2 atom stereocenters. The fourth-order valence-electron chi connectivity index (χ4n) is 3.20. The molecule has 2 heterocycles. The first-order chi connectivity index (χ1) is 9.75. The molecule has 0 radical (unpaired) electrons. The molecule has 0 bridgehead atoms. The van der Waals surface area contributed by atoms with E-state index in [4.69, 9.17) is 0 Å². The second-order valence-electron chi connectivity index (χ2n) is 5.89. The first-order valence-corrected chi connectivity index (χ1v) is 7.55. The molecule has 0 saturated carbocycles. The van der Waals surface area contributed by atoms with Crippen LogP contribution in [0.4, 0.5) is 5.69 Å². The predicted molar refractivity (Wildman–Crippen MR) is 80.8 cm³/mol.